The predicted molar refractivity (Wildman–Crippen MR) is 83.7 cm³/mol. The first-order chi connectivity index (χ1) is 9.55. The first-order valence-corrected chi connectivity index (χ1v) is 6.54. The van der Waals surface area contributed by atoms with Gasteiger partial charge in [-0.25, -0.2) is 0 Å². The van der Waals surface area contributed by atoms with E-state index in [1.165, 1.54) is 0 Å². The second-order valence-corrected chi connectivity index (χ2v) is 4.87. The molecule has 3 N–H and O–H groups in total. The number of rotatable bonds is 4. The molecule has 0 fully saturated rings. The molecule has 0 unspecified atom stereocenters. The van der Waals surface area contributed by atoms with Gasteiger partial charge in [-0.3, -0.25) is 0 Å². The van der Waals surface area contributed by atoms with Crippen LogP contribution in [0.2, 0.25) is 10.0 Å². The number of nitrogens with two attached hydrogens (primary N) is 1. The van der Waals surface area contributed by atoms with E-state index < -0.39 is 0 Å². The molecule has 20 heavy (non-hydrogen) atoms. The number of hydrogen-bond donors (Lipinski definition) is 2. The number of nitrogens with one attached hydrogen (secondary N) is 1. The Hall–Kier alpha value is -1.78. The molecule has 0 heterocycles. The highest BCUT2D eigenvalue weighted by Gasteiger charge is 2.10. The zero-order valence-electron chi connectivity index (χ0n) is 11.0. The topological polar surface area (TPSA) is 56.5 Å². The highest BCUT2D eigenvalue weighted by Crippen LogP contribution is 2.37. The average Bonchev–Trinajstić information content (AvgIpc) is 2.42. The molecule has 0 saturated heterocycles. The van der Waals surface area contributed by atoms with Gasteiger partial charge in [0.05, 0.1) is 30.0 Å². The van der Waals surface area contributed by atoms with Crippen molar-refractivity contribution in [2.24, 2.45) is 0 Å². The van der Waals surface area contributed by atoms with E-state index in [0.717, 1.165) is 5.69 Å². The molecule has 0 spiro atoms. The summed E-state index contributed by atoms with van der Waals surface area (Å²) in [6, 6.07) is 8.69. The number of benzene rings is 2. The molecule has 0 radical (unpaired) electrons. The van der Waals surface area contributed by atoms with Crippen molar-refractivity contribution in [3.8, 4) is 11.5 Å². The minimum absolute atomic E-state index is 0.449. The number of hydrogen-bond acceptors (Lipinski definition) is 4. The number of nitrogen functional groups attached to an aromatic ring is 1. The van der Waals surface area contributed by atoms with Gasteiger partial charge in [0.25, 0.3) is 0 Å². The summed E-state index contributed by atoms with van der Waals surface area (Å²) in [5.74, 6) is 1.26. The lowest BCUT2D eigenvalue weighted by atomic mass is 10.2. The van der Waals surface area contributed by atoms with Crippen molar-refractivity contribution in [2.45, 2.75) is 0 Å². The van der Waals surface area contributed by atoms with Gasteiger partial charge in [0.1, 0.15) is 0 Å². The third-order valence-corrected chi connectivity index (χ3v) is 3.31. The zero-order valence-corrected chi connectivity index (χ0v) is 12.5. The molecule has 0 aliphatic heterocycles. The van der Waals surface area contributed by atoms with Gasteiger partial charge in [-0.15, -0.1) is 0 Å². The molecule has 0 amide bonds. The van der Waals surface area contributed by atoms with Gasteiger partial charge in [-0.05, 0) is 24.3 Å². The van der Waals surface area contributed by atoms with Gasteiger partial charge in [0.2, 0.25) is 0 Å². The van der Waals surface area contributed by atoms with Gasteiger partial charge >= 0.3 is 0 Å². The lowest BCUT2D eigenvalue weighted by Gasteiger charge is -2.13. The van der Waals surface area contributed by atoms with Crippen LogP contribution in [-0.2, 0) is 0 Å². The summed E-state index contributed by atoms with van der Waals surface area (Å²) >= 11 is 12.3. The largest absolute Gasteiger partial charge is 0.493 e. The van der Waals surface area contributed by atoms with Crippen LogP contribution < -0.4 is 20.5 Å². The van der Waals surface area contributed by atoms with E-state index in [2.05, 4.69) is 5.32 Å². The van der Waals surface area contributed by atoms with Gasteiger partial charge in [0.15, 0.2) is 11.5 Å². The van der Waals surface area contributed by atoms with Crippen molar-refractivity contribution in [1.82, 2.24) is 0 Å². The first-order valence-electron chi connectivity index (χ1n) is 5.78. The van der Waals surface area contributed by atoms with Crippen LogP contribution in [0, 0.1) is 0 Å². The van der Waals surface area contributed by atoms with E-state index in [1.807, 2.05) is 6.07 Å². The Balaban J connectivity index is 2.35. The second kappa shape index (κ2) is 6.11. The van der Waals surface area contributed by atoms with Crippen LogP contribution in [0.5, 0.6) is 11.5 Å². The van der Waals surface area contributed by atoms with E-state index >= 15 is 0 Å². The normalized spacial score (nSPS) is 10.2. The van der Waals surface area contributed by atoms with Gasteiger partial charge in [0, 0.05) is 17.4 Å². The summed E-state index contributed by atoms with van der Waals surface area (Å²) in [7, 11) is 3.16. The molecule has 0 aliphatic rings. The van der Waals surface area contributed by atoms with Crippen LogP contribution in [-0.4, -0.2) is 14.2 Å². The maximum Gasteiger partial charge on any atom is 0.162 e. The maximum atomic E-state index is 6.13. The zero-order chi connectivity index (χ0) is 14.7. The standard InChI is InChI=1S/C14H14Cl2N2O2/c1-19-12-4-3-9(7-13(12)20-2)18-14-10(15)5-8(17)6-11(14)16/h3-7,18H,17H2,1-2H3. The van der Waals surface area contributed by atoms with Crippen molar-refractivity contribution >= 4 is 40.3 Å². The molecular formula is C14H14Cl2N2O2. The molecule has 0 aromatic heterocycles. The third kappa shape index (κ3) is 3.03. The molecule has 4 nitrogen and oxygen atoms in total. The van der Waals surface area contributed by atoms with Crippen LogP contribution >= 0.6 is 23.2 Å². The molecule has 0 aliphatic carbocycles. The molecule has 2 rings (SSSR count). The van der Waals surface area contributed by atoms with Gasteiger partial charge in [-0.2, -0.15) is 0 Å². The van der Waals surface area contributed by atoms with Gasteiger partial charge in [-0.1, -0.05) is 23.2 Å². The highest BCUT2D eigenvalue weighted by atomic mass is 35.5. The van der Waals surface area contributed by atoms with Crippen molar-refractivity contribution in [3.63, 3.8) is 0 Å². The fraction of sp³-hybridized carbons (Fsp3) is 0.143. The van der Waals surface area contributed by atoms with Crippen molar-refractivity contribution < 1.29 is 9.47 Å². The number of anilines is 3. The second-order valence-electron chi connectivity index (χ2n) is 4.05. The summed E-state index contributed by atoms with van der Waals surface area (Å²) in [6.45, 7) is 0. The summed E-state index contributed by atoms with van der Waals surface area (Å²) < 4.78 is 10.4. The molecule has 2 aromatic carbocycles. The molecule has 106 valence electrons. The van der Waals surface area contributed by atoms with Crippen LogP contribution in [0.25, 0.3) is 0 Å². The van der Waals surface area contributed by atoms with Crippen LogP contribution in [0.3, 0.4) is 0 Å². The molecular weight excluding hydrogens is 299 g/mol. The Morgan fingerprint density at radius 3 is 2.10 bits per heavy atom. The molecule has 2 aromatic rings. The third-order valence-electron chi connectivity index (χ3n) is 2.72. The van der Waals surface area contributed by atoms with Crippen LogP contribution in [0.1, 0.15) is 0 Å². The van der Waals surface area contributed by atoms with Crippen LogP contribution in [0.15, 0.2) is 30.3 Å². The lowest BCUT2D eigenvalue weighted by molar-refractivity contribution is 0.355. The van der Waals surface area contributed by atoms with Crippen molar-refractivity contribution in [3.05, 3.63) is 40.4 Å². The van der Waals surface area contributed by atoms with E-state index in [4.69, 9.17) is 38.4 Å². The predicted octanol–water partition coefficient (Wildman–Crippen LogP) is 4.34. The van der Waals surface area contributed by atoms with E-state index in [9.17, 15) is 0 Å². The van der Waals surface area contributed by atoms with Crippen molar-refractivity contribution in [2.75, 3.05) is 25.3 Å². The van der Waals surface area contributed by atoms with E-state index in [0.29, 0.717) is 32.9 Å². The molecule has 0 bridgehead atoms. The lowest BCUT2D eigenvalue weighted by Crippen LogP contribution is -1.96. The average molecular weight is 313 g/mol. The van der Waals surface area contributed by atoms with E-state index in [1.54, 1.807) is 38.5 Å². The number of ether oxygens (including phenoxy) is 2. The van der Waals surface area contributed by atoms with Crippen molar-refractivity contribution in [1.29, 1.82) is 0 Å². The SMILES string of the molecule is COc1ccc(Nc2c(Cl)cc(N)cc2Cl)cc1OC. The van der Waals surface area contributed by atoms with Gasteiger partial charge < -0.3 is 20.5 Å². The minimum Gasteiger partial charge on any atom is -0.493 e. The maximum absolute atomic E-state index is 6.13. The van der Waals surface area contributed by atoms with Crippen LogP contribution in [0.4, 0.5) is 17.1 Å². The fourth-order valence-electron chi connectivity index (χ4n) is 1.77. The highest BCUT2D eigenvalue weighted by molar-refractivity contribution is 6.39. The number of halogens is 2. The molecule has 6 heteroatoms. The number of methoxy groups -OCH3 is 2. The Bertz CT molecular complexity index is 610. The minimum atomic E-state index is 0.449. The Morgan fingerprint density at radius 1 is 0.950 bits per heavy atom. The summed E-state index contributed by atoms with van der Waals surface area (Å²) in [6.07, 6.45) is 0. The summed E-state index contributed by atoms with van der Waals surface area (Å²) in [4.78, 5) is 0. The fourth-order valence-corrected chi connectivity index (χ4v) is 2.37. The quantitative estimate of drug-likeness (QED) is 0.825. The Labute approximate surface area is 127 Å². The monoisotopic (exact) mass is 312 g/mol. The Morgan fingerprint density at radius 2 is 1.55 bits per heavy atom. The smallest absolute Gasteiger partial charge is 0.162 e. The molecule has 0 saturated carbocycles. The first kappa shape index (κ1) is 14.6. The summed E-state index contributed by atoms with van der Waals surface area (Å²) in [5.41, 5.74) is 7.55. The Kier molecular flexibility index (Phi) is 4.47. The van der Waals surface area contributed by atoms with E-state index in [-0.39, 0.29) is 0 Å². The molecule has 0 atom stereocenters. The summed E-state index contributed by atoms with van der Waals surface area (Å²) in [5, 5.41) is 4.04.